The first-order valence-electron chi connectivity index (χ1n) is 12.3. The molecule has 0 aliphatic heterocycles. The van der Waals surface area contributed by atoms with E-state index in [1.807, 2.05) is 24.3 Å². The van der Waals surface area contributed by atoms with Gasteiger partial charge in [-0.1, -0.05) is 38.5 Å². The van der Waals surface area contributed by atoms with E-state index in [-0.39, 0.29) is 23.9 Å². The Kier molecular flexibility index (Phi) is 10.1. The number of hydrogen-bond acceptors (Lipinski definition) is 5. The number of nitrogens with zero attached hydrogens (tertiary/aromatic N) is 1. The van der Waals surface area contributed by atoms with Crippen molar-refractivity contribution in [2.45, 2.75) is 45.5 Å². The fourth-order valence-corrected chi connectivity index (χ4v) is 3.72. The number of aromatic nitrogens is 1. The van der Waals surface area contributed by atoms with Gasteiger partial charge in [0.25, 0.3) is 0 Å². The van der Waals surface area contributed by atoms with Gasteiger partial charge in [0, 0.05) is 42.2 Å². The van der Waals surface area contributed by atoms with Gasteiger partial charge in [0.05, 0.1) is 18.0 Å². The SMILES string of the molecule is CC[C@H](C)[C@@H](COc1ccc(-c2ccc(C(F)(F)F)cc2F)cn1)Nc1ccc(CNCCC(=O)O)cc1. The Hall–Kier alpha value is -3.66. The number of nitrogens with one attached hydrogen (secondary N) is 2. The maximum atomic E-state index is 14.3. The summed E-state index contributed by atoms with van der Waals surface area (Å²) in [6.07, 6.45) is -2.26. The molecule has 3 aromatic rings. The van der Waals surface area contributed by atoms with E-state index in [1.165, 1.54) is 6.20 Å². The summed E-state index contributed by atoms with van der Waals surface area (Å²) in [6.45, 7) is 5.47. The van der Waals surface area contributed by atoms with Crippen LogP contribution in [0.3, 0.4) is 0 Å². The maximum Gasteiger partial charge on any atom is 0.416 e. The summed E-state index contributed by atoms with van der Waals surface area (Å²) in [5.41, 5.74) is 1.27. The van der Waals surface area contributed by atoms with Crippen LogP contribution in [-0.2, 0) is 17.5 Å². The number of carboxylic acids is 1. The number of rotatable bonds is 13. The highest BCUT2D eigenvalue weighted by Gasteiger charge is 2.31. The van der Waals surface area contributed by atoms with Gasteiger partial charge in [-0.25, -0.2) is 9.37 Å². The van der Waals surface area contributed by atoms with E-state index in [4.69, 9.17) is 9.84 Å². The molecule has 0 saturated heterocycles. The molecule has 2 aromatic carbocycles. The molecule has 6 nitrogen and oxygen atoms in total. The standard InChI is InChI=1S/C28H31F4N3O3/c1-3-18(2)25(35-22-8-4-19(5-9-22)15-33-13-12-27(36)37)17-38-26-11-6-20(16-34-26)23-10-7-21(14-24(23)29)28(30,31)32/h4-11,14,16,18,25,33,35H,3,12-13,15,17H2,1-2H3,(H,36,37)/t18-,25+/m0/s1. The highest BCUT2D eigenvalue weighted by molar-refractivity contribution is 5.66. The average molecular weight is 534 g/mol. The van der Waals surface area contributed by atoms with Gasteiger partial charge >= 0.3 is 12.1 Å². The van der Waals surface area contributed by atoms with Crippen molar-refractivity contribution < 1.29 is 32.2 Å². The summed E-state index contributed by atoms with van der Waals surface area (Å²) in [5, 5.41) is 15.3. The van der Waals surface area contributed by atoms with E-state index in [2.05, 4.69) is 29.5 Å². The fraction of sp³-hybridized carbons (Fsp3) is 0.357. The third-order valence-electron chi connectivity index (χ3n) is 6.24. The lowest BCUT2D eigenvalue weighted by Crippen LogP contribution is -2.33. The Labute approximate surface area is 219 Å². The van der Waals surface area contributed by atoms with Crippen LogP contribution in [-0.4, -0.2) is 35.3 Å². The van der Waals surface area contributed by atoms with E-state index in [1.54, 1.807) is 12.1 Å². The van der Waals surface area contributed by atoms with Gasteiger partial charge in [0.15, 0.2) is 0 Å². The number of hydrogen-bond donors (Lipinski definition) is 3. The predicted octanol–water partition coefficient (Wildman–Crippen LogP) is 6.38. The highest BCUT2D eigenvalue weighted by atomic mass is 19.4. The minimum Gasteiger partial charge on any atom is -0.481 e. The zero-order chi connectivity index (χ0) is 27.7. The van der Waals surface area contributed by atoms with Gasteiger partial charge in [-0.05, 0) is 41.8 Å². The Morgan fingerprint density at radius 3 is 2.42 bits per heavy atom. The number of ether oxygens (including phenoxy) is 1. The summed E-state index contributed by atoms with van der Waals surface area (Å²) in [7, 11) is 0. The van der Waals surface area contributed by atoms with E-state index in [0.29, 0.717) is 37.2 Å². The van der Waals surface area contributed by atoms with E-state index < -0.39 is 23.5 Å². The molecule has 3 rings (SSSR count). The number of pyridine rings is 1. The first kappa shape index (κ1) is 28.9. The Morgan fingerprint density at radius 2 is 1.84 bits per heavy atom. The number of benzene rings is 2. The summed E-state index contributed by atoms with van der Waals surface area (Å²) < 4.78 is 58.6. The quantitative estimate of drug-likeness (QED) is 0.175. The minimum absolute atomic E-state index is 0.0248. The first-order chi connectivity index (χ1) is 18.1. The molecule has 3 N–H and O–H groups in total. The summed E-state index contributed by atoms with van der Waals surface area (Å²) in [6, 6.07) is 13.3. The van der Waals surface area contributed by atoms with Crippen LogP contribution in [0.5, 0.6) is 5.88 Å². The molecule has 2 atom stereocenters. The van der Waals surface area contributed by atoms with E-state index in [0.717, 1.165) is 29.8 Å². The molecule has 0 amide bonds. The lowest BCUT2D eigenvalue weighted by Gasteiger charge is -2.25. The number of carboxylic acid groups (broad SMARTS) is 1. The Morgan fingerprint density at radius 1 is 1.11 bits per heavy atom. The van der Waals surface area contributed by atoms with Crippen LogP contribution in [0.4, 0.5) is 23.2 Å². The molecule has 0 aliphatic rings. The zero-order valence-corrected chi connectivity index (χ0v) is 21.2. The highest BCUT2D eigenvalue weighted by Crippen LogP contribution is 2.33. The number of alkyl halides is 3. The third kappa shape index (κ3) is 8.44. The van der Waals surface area contributed by atoms with E-state index >= 15 is 0 Å². The van der Waals surface area contributed by atoms with Crippen molar-refractivity contribution in [3.05, 3.63) is 77.7 Å². The van der Waals surface area contributed by atoms with Crippen molar-refractivity contribution in [3.63, 3.8) is 0 Å². The molecule has 0 unspecified atom stereocenters. The molecule has 0 fully saturated rings. The lowest BCUT2D eigenvalue weighted by atomic mass is 9.99. The van der Waals surface area contributed by atoms with Crippen molar-refractivity contribution in [3.8, 4) is 17.0 Å². The van der Waals surface area contributed by atoms with Crippen molar-refractivity contribution in [1.82, 2.24) is 10.3 Å². The van der Waals surface area contributed by atoms with Crippen LogP contribution in [0.25, 0.3) is 11.1 Å². The molecule has 1 aromatic heterocycles. The molecule has 204 valence electrons. The largest absolute Gasteiger partial charge is 0.481 e. The van der Waals surface area contributed by atoms with Crippen molar-refractivity contribution in [1.29, 1.82) is 0 Å². The monoisotopic (exact) mass is 533 g/mol. The summed E-state index contributed by atoms with van der Waals surface area (Å²) >= 11 is 0. The number of carbonyl (C=O) groups is 1. The number of aliphatic carboxylic acids is 1. The van der Waals surface area contributed by atoms with Crippen molar-refractivity contribution in [2.75, 3.05) is 18.5 Å². The van der Waals surface area contributed by atoms with Gasteiger partial charge < -0.3 is 20.5 Å². The number of anilines is 1. The van der Waals surface area contributed by atoms with Crippen LogP contribution in [0.15, 0.2) is 60.8 Å². The van der Waals surface area contributed by atoms with Crippen LogP contribution >= 0.6 is 0 Å². The van der Waals surface area contributed by atoms with Gasteiger partial charge in [0.1, 0.15) is 12.4 Å². The zero-order valence-electron chi connectivity index (χ0n) is 21.2. The molecule has 0 radical (unpaired) electrons. The van der Waals surface area contributed by atoms with Crippen LogP contribution in [0.1, 0.15) is 37.8 Å². The van der Waals surface area contributed by atoms with Gasteiger partial charge in [-0.15, -0.1) is 0 Å². The molecule has 0 bridgehead atoms. The smallest absolute Gasteiger partial charge is 0.416 e. The molecule has 0 aliphatic carbocycles. The Bertz CT molecular complexity index is 1190. The minimum atomic E-state index is -4.61. The van der Waals surface area contributed by atoms with Crippen molar-refractivity contribution in [2.24, 2.45) is 5.92 Å². The second-order valence-electron chi connectivity index (χ2n) is 9.04. The van der Waals surface area contributed by atoms with Crippen molar-refractivity contribution >= 4 is 11.7 Å². The first-order valence-corrected chi connectivity index (χ1v) is 12.3. The second kappa shape index (κ2) is 13.2. The predicted molar refractivity (Wildman–Crippen MR) is 137 cm³/mol. The van der Waals surface area contributed by atoms with Gasteiger partial charge in [-0.2, -0.15) is 13.2 Å². The molecular weight excluding hydrogens is 502 g/mol. The van der Waals surface area contributed by atoms with E-state index in [9.17, 15) is 22.4 Å². The Balaban J connectivity index is 1.59. The van der Waals surface area contributed by atoms with Crippen LogP contribution in [0, 0.1) is 11.7 Å². The third-order valence-corrected chi connectivity index (χ3v) is 6.24. The van der Waals surface area contributed by atoms with Gasteiger partial charge in [-0.3, -0.25) is 4.79 Å². The second-order valence-corrected chi connectivity index (χ2v) is 9.04. The molecule has 0 spiro atoms. The van der Waals surface area contributed by atoms with Crippen LogP contribution < -0.4 is 15.4 Å². The molecular formula is C28H31F4N3O3. The molecule has 0 saturated carbocycles. The maximum absolute atomic E-state index is 14.3. The van der Waals surface area contributed by atoms with Gasteiger partial charge in [0.2, 0.25) is 5.88 Å². The molecule has 38 heavy (non-hydrogen) atoms. The average Bonchev–Trinajstić information content (AvgIpc) is 2.89. The summed E-state index contributed by atoms with van der Waals surface area (Å²) in [4.78, 5) is 14.8. The topological polar surface area (TPSA) is 83.5 Å². The fourth-order valence-electron chi connectivity index (χ4n) is 3.72. The summed E-state index contributed by atoms with van der Waals surface area (Å²) in [5.74, 6) is -1.22. The number of halogens is 4. The normalized spacial score (nSPS) is 13.1. The molecule has 10 heteroatoms. The molecule has 1 heterocycles. The lowest BCUT2D eigenvalue weighted by molar-refractivity contribution is -0.138. The van der Waals surface area contributed by atoms with Crippen LogP contribution in [0.2, 0.25) is 0 Å².